The van der Waals surface area contributed by atoms with E-state index in [1.165, 1.54) is 141 Å². The maximum atomic E-state index is 13.2. The van der Waals surface area contributed by atoms with Crippen molar-refractivity contribution in [3.8, 4) is 0 Å². The van der Waals surface area contributed by atoms with E-state index in [2.05, 4.69) is 132 Å². The fourth-order valence-corrected chi connectivity index (χ4v) is 36.7. The first-order valence-corrected chi connectivity index (χ1v) is 55.0. The van der Waals surface area contributed by atoms with Gasteiger partial charge in [0.25, 0.3) is 0 Å². The van der Waals surface area contributed by atoms with Crippen molar-refractivity contribution >= 4 is 35.8 Å². The van der Waals surface area contributed by atoms with Crippen molar-refractivity contribution in [1.29, 1.82) is 0 Å². The summed E-state index contributed by atoms with van der Waals surface area (Å²) in [4.78, 5) is 75.1. The predicted octanol–water partition coefficient (Wildman–Crippen LogP) is 26.5. The molecule has 128 heavy (non-hydrogen) atoms. The Balaban J connectivity index is 0.000000111. The van der Waals surface area contributed by atoms with Crippen LogP contribution in [0.2, 0.25) is 0 Å². The van der Waals surface area contributed by atoms with Gasteiger partial charge in [0.15, 0.2) is 0 Å². The number of esters is 6. The molecule has 0 aromatic carbocycles. The van der Waals surface area contributed by atoms with E-state index in [-0.39, 0.29) is 104 Å². The fraction of sp³-hybridized carbons (Fsp3) is 0.948. The largest absolute Gasteiger partial charge is 0.465 e. The quantitative estimate of drug-likeness (QED) is 0.136. The number of fused-ring (bicyclic) bond motifs is 15. The van der Waals surface area contributed by atoms with Gasteiger partial charge in [-0.25, -0.2) is 0 Å². The van der Waals surface area contributed by atoms with Crippen LogP contribution in [0.15, 0.2) is 0 Å². The highest BCUT2D eigenvalue weighted by Crippen LogP contribution is 2.69. The van der Waals surface area contributed by atoms with E-state index >= 15 is 0 Å². The van der Waals surface area contributed by atoms with E-state index in [0.717, 1.165) is 201 Å². The molecule has 0 amide bonds. The van der Waals surface area contributed by atoms with Crippen LogP contribution in [0.4, 0.5) is 0 Å². The standard InChI is InChI=1S/C23H36O2.C21H32O2.C18H30O2.C15H26O2.C14H24O2.C12H18O2.C12H22O/c1-13-14(2)19-8-18(13)9-20(19)21(24)25-22(3,4)23-10-15-5-16(11-23)7-17(6-15)12-23;1-11-12(2)18-9-15(11)10-19(18)20(22)23-21(3)16-5-13-4-14(7-16)8-17(21)6-13;1-4-18(8-6-5-7-9-18)20-17(19)16-11-14-10-15(16)13(3)12(14)2;1-6-15(4,5)17-14(16)13-8-11-7-12(13)10(3)9(11)2;1-8-9(2)11-6-10(8)7-12(11)13(15)16-14(3,4)5;1-7-8(2)10-5-9(7)6-12(10)3-4-14-11(12)13;1-7-8(2)10-5-9(7)6-11(10)12(3,4)13/h13-20H,5-12H2,1-4H3;11-19H,4-10H2,1-3H3;12-16H,4-11H2,1-3H3;9-13H,6-8H2,1-5H3;8-12H,6-7H2,1-5H3;7-10H,3-6H2,1-2H3;7-11,13H,5-6H2,1-4H3. The van der Waals surface area contributed by atoms with Gasteiger partial charge in [-0.05, 0) is 488 Å². The Bertz CT molecular complexity index is 3840. The van der Waals surface area contributed by atoms with Crippen molar-refractivity contribution in [2.24, 2.45) is 253 Å². The summed E-state index contributed by atoms with van der Waals surface area (Å²) in [5.74, 6) is 28.7. The Morgan fingerprint density at radius 2 is 0.719 bits per heavy atom. The van der Waals surface area contributed by atoms with Crippen molar-refractivity contribution < 1.29 is 62.3 Å². The van der Waals surface area contributed by atoms with E-state index in [4.69, 9.17) is 28.4 Å². The number of hydrogen-bond acceptors (Lipinski definition) is 13. The lowest BCUT2D eigenvalue weighted by molar-refractivity contribution is -0.209. The molecule has 13 heteroatoms. The molecule has 1 spiro atoms. The number of rotatable bonds is 13. The SMILES string of the molecule is CC1C2CC(C(=O)OC(C)(C)C)C(C2)C1C.CC1C2CC(C(=O)OC(C)(C)C34CC5CC(CC(C5)C3)C4)C(C2)C1C.CC1C2CC(C(=O)OC3(C)C4CC5CC(C4)CC3C5)C(C2)C1C.CC1C2CC(C1C)C(C(C)(C)O)C2.CC1C2CC(C1C)C1(CCOC1=O)C2.CCC(C)(C)OC(=O)C1CC2CC1C(C)C2C.CCC1(OC(=O)C2CC3CC2C(C)C3C)CCCCC1. The molecule has 35 atom stereocenters. The lowest BCUT2D eigenvalue weighted by atomic mass is 9.46. The lowest BCUT2D eigenvalue weighted by Crippen LogP contribution is -2.58. The molecule has 726 valence electrons. The third-order valence-corrected chi connectivity index (χ3v) is 46.2. The highest BCUT2D eigenvalue weighted by Gasteiger charge is 2.66. The average Bonchev–Trinajstić information content (AvgIpc) is 1.61. The molecule has 24 rings (SSSR count). The summed E-state index contributed by atoms with van der Waals surface area (Å²) in [6, 6.07) is 0. The second-order valence-electron chi connectivity index (χ2n) is 54.2. The minimum absolute atomic E-state index is 0.0405. The molecule has 1 heterocycles. The van der Waals surface area contributed by atoms with Crippen LogP contribution in [0.5, 0.6) is 0 Å². The smallest absolute Gasteiger partial charge is 0.312 e. The number of aliphatic hydroxyl groups is 1. The highest BCUT2D eigenvalue weighted by molar-refractivity contribution is 5.80. The normalized spacial score (nSPS) is 49.7. The molecule has 0 aromatic heterocycles. The van der Waals surface area contributed by atoms with Gasteiger partial charge in [0, 0.05) is 5.41 Å². The molecule has 35 unspecified atom stereocenters. The van der Waals surface area contributed by atoms with Gasteiger partial charge >= 0.3 is 35.8 Å². The van der Waals surface area contributed by atoms with Crippen LogP contribution < -0.4 is 0 Å². The molecule has 24 aliphatic rings. The van der Waals surface area contributed by atoms with Gasteiger partial charge in [-0.15, -0.1) is 0 Å². The minimum atomic E-state index is -0.451. The van der Waals surface area contributed by atoms with Crippen molar-refractivity contribution in [2.75, 3.05) is 6.61 Å². The second kappa shape index (κ2) is 36.6. The third kappa shape index (κ3) is 18.3. The van der Waals surface area contributed by atoms with Crippen LogP contribution >= 0.6 is 0 Å². The van der Waals surface area contributed by atoms with Gasteiger partial charge in [-0.3, -0.25) is 28.8 Å². The number of hydrogen-bond donors (Lipinski definition) is 1. The summed E-state index contributed by atoms with van der Waals surface area (Å²) in [6.07, 6.45) is 40.5. The lowest BCUT2D eigenvalue weighted by Gasteiger charge is -2.61. The van der Waals surface area contributed by atoms with Crippen molar-refractivity contribution in [2.45, 2.75) is 426 Å². The monoisotopic (exact) mass is 1780 g/mol. The van der Waals surface area contributed by atoms with Gasteiger partial charge in [-0.2, -0.15) is 0 Å². The van der Waals surface area contributed by atoms with E-state index in [0.29, 0.717) is 89.5 Å². The van der Waals surface area contributed by atoms with Crippen LogP contribution in [0, 0.1) is 253 Å². The molecular weight excluding hydrogens is 1590 g/mol. The van der Waals surface area contributed by atoms with Crippen molar-refractivity contribution in [3.05, 3.63) is 0 Å². The Hall–Kier alpha value is -3.22. The molecule has 23 saturated carbocycles. The molecule has 1 saturated heterocycles. The Morgan fingerprint density at radius 3 is 1.05 bits per heavy atom. The zero-order valence-electron chi connectivity index (χ0n) is 86.1. The Morgan fingerprint density at radius 1 is 0.367 bits per heavy atom. The van der Waals surface area contributed by atoms with E-state index in [1.54, 1.807) is 0 Å². The van der Waals surface area contributed by atoms with Gasteiger partial charge in [0.2, 0.25) is 0 Å². The summed E-state index contributed by atoms with van der Waals surface area (Å²) in [7, 11) is 0. The van der Waals surface area contributed by atoms with Gasteiger partial charge in [0.05, 0.1) is 47.2 Å². The molecule has 23 aliphatic carbocycles. The number of carbonyl (C=O) groups is 6. The molecule has 0 radical (unpaired) electrons. The molecule has 24 fully saturated rings. The predicted molar refractivity (Wildman–Crippen MR) is 508 cm³/mol. The molecule has 22 bridgehead atoms. The second-order valence-corrected chi connectivity index (χ2v) is 54.2. The number of carbonyl (C=O) groups excluding carboxylic acids is 6. The molecular formula is C115H188O13. The summed E-state index contributed by atoms with van der Waals surface area (Å²) < 4.78 is 35.3. The maximum Gasteiger partial charge on any atom is 0.312 e. The maximum absolute atomic E-state index is 13.2. The molecule has 13 nitrogen and oxygen atoms in total. The average molecular weight is 1780 g/mol. The third-order valence-electron chi connectivity index (χ3n) is 46.2. The van der Waals surface area contributed by atoms with Crippen LogP contribution in [0.25, 0.3) is 0 Å². The Kier molecular flexibility index (Phi) is 28.0. The van der Waals surface area contributed by atoms with Crippen LogP contribution in [-0.2, 0) is 57.2 Å². The van der Waals surface area contributed by atoms with E-state index in [1.807, 2.05) is 48.5 Å². The summed E-state index contributed by atoms with van der Waals surface area (Å²) >= 11 is 0. The van der Waals surface area contributed by atoms with Gasteiger partial charge < -0.3 is 33.5 Å². The summed E-state index contributed by atoms with van der Waals surface area (Å²) in [6.45, 7) is 58.4. The van der Waals surface area contributed by atoms with Crippen molar-refractivity contribution in [1.82, 2.24) is 0 Å². The fourth-order valence-electron chi connectivity index (χ4n) is 36.7. The first kappa shape index (κ1) is 97.8. The first-order chi connectivity index (χ1) is 60.0. The van der Waals surface area contributed by atoms with Gasteiger partial charge in [0.1, 0.15) is 28.0 Å². The Labute approximate surface area is 779 Å². The molecule has 1 aliphatic heterocycles. The summed E-state index contributed by atoms with van der Waals surface area (Å²) in [5, 5.41) is 10.0. The van der Waals surface area contributed by atoms with E-state index < -0.39 is 5.60 Å². The number of ether oxygens (including phenoxy) is 6. The zero-order chi connectivity index (χ0) is 92.4. The molecule has 0 aromatic rings. The van der Waals surface area contributed by atoms with Crippen LogP contribution in [-0.4, -0.2) is 81.1 Å². The zero-order valence-corrected chi connectivity index (χ0v) is 86.1. The topological polar surface area (TPSA) is 178 Å². The summed E-state index contributed by atoms with van der Waals surface area (Å²) in [5.41, 5.74) is -1.40. The van der Waals surface area contributed by atoms with Crippen molar-refractivity contribution in [3.63, 3.8) is 0 Å². The highest BCUT2D eigenvalue weighted by atomic mass is 16.6. The van der Waals surface area contributed by atoms with Crippen LogP contribution in [0.1, 0.15) is 392 Å². The van der Waals surface area contributed by atoms with Gasteiger partial charge in [-0.1, -0.05) is 117 Å². The molecule has 1 N–H and O–H groups in total. The first-order valence-electron chi connectivity index (χ1n) is 55.0. The van der Waals surface area contributed by atoms with E-state index in [9.17, 15) is 33.9 Å². The van der Waals surface area contributed by atoms with Crippen LogP contribution in [0.3, 0.4) is 0 Å². The number of cyclic esters (lactones) is 1. The minimum Gasteiger partial charge on any atom is -0.465 e.